The molecule has 0 fully saturated rings. The fourth-order valence-electron chi connectivity index (χ4n) is 2.41. The lowest BCUT2D eigenvalue weighted by Crippen LogP contribution is -2.26. The van der Waals surface area contributed by atoms with Gasteiger partial charge < -0.3 is 0 Å². The Labute approximate surface area is 190 Å². The van der Waals surface area contributed by atoms with E-state index in [-0.39, 0.29) is 26.2 Å². The molecule has 26 heavy (non-hydrogen) atoms. The number of rotatable bonds is 8. The number of halogens is 6. The highest BCUT2D eigenvalue weighted by molar-refractivity contribution is 9.10. The van der Waals surface area contributed by atoms with Crippen LogP contribution in [0.1, 0.15) is 34.7 Å². The Hall–Kier alpha value is 0.230. The molecule has 1 nitrogen and oxygen atoms in total. The quantitative estimate of drug-likeness (QED) is 0.297. The molecule has 0 radical (unpaired) electrons. The van der Waals surface area contributed by atoms with Gasteiger partial charge in [-0.2, -0.15) is 0 Å². The van der Waals surface area contributed by atoms with Crippen molar-refractivity contribution in [2.45, 2.75) is 33.3 Å². The van der Waals surface area contributed by atoms with Crippen LogP contribution in [0, 0.1) is 0 Å². The van der Waals surface area contributed by atoms with Gasteiger partial charge in [0.25, 0.3) is 0 Å². The largest absolute Gasteiger partial charge is 0.297 e. The highest BCUT2D eigenvalue weighted by Gasteiger charge is 2.27. The second kappa shape index (κ2) is 10.7. The molecule has 0 aliphatic heterocycles. The Balaban J connectivity index is 1.91. The maximum absolute atomic E-state index is 12.6. The number of alkyl halides is 4. The van der Waals surface area contributed by atoms with E-state index in [1.165, 1.54) is 0 Å². The molecule has 0 aliphatic rings. The minimum absolute atomic E-state index is 0.0178. The lowest BCUT2D eigenvalue weighted by Gasteiger charge is -2.19. The first-order valence-corrected chi connectivity index (χ1v) is 11.3. The lowest BCUT2D eigenvalue weighted by atomic mass is 10.0. The molecule has 0 amide bonds. The van der Waals surface area contributed by atoms with Crippen molar-refractivity contribution in [2.75, 3.05) is 0 Å². The van der Waals surface area contributed by atoms with E-state index < -0.39 is 0 Å². The first kappa shape index (κ1) is 22.5. The van der Waals surface area contributed by atoms with E-state index in [0.29, 0.717) is 22.9 Å². The van der Waals surface area contributed by atoms with Crippen molar-refractivity contribution in [1.29, 1.82) is 0 Å². The second-order valence-corrected chi connectivity index (χ2v) is 9.98. The van der Waals surface area contributed by atoms with Crippen molar-refractivity contribution in [3.8, 4) is 0 Å². The molecule has 0 heterocycles. The zero-order valence-corrected chi connectivity index (χ0v) is 19.7. The number of carbonyl (C=O) groups is 1. The zero-order chi connectivity index (χ0) is 19.3. The van der Waals surface area contributed by atoms with E-state index in [9.17, 15) is 4.79 Å². The maximum atomic E-state index is 12.6. The van der Waals surface area contributed by atoms with Crippen LogP contribution in [0.15, 0.2) is 48.5 Å². The summed E-state index contributed by atoms with van der Waals surface area (Å²) in [5.74, 6) is 0.0178. The number of Topliss-reactive ketones (excluding diaryl/α,β-unsaturated/α-hetero) is 1. The van der Waals surface area contributed by atoms with E-state index in [4.69, 9.17) is 46.4 Å². The summed E-state index contributed by atoms with van der Waals surface area (Å²) in [7, 11) is 0. The van der Waals surface area contributed by atoms with Crippen molar-refractivity contribution in [3.05, 3.63) is 69.7 Å². The summed E-state index contributed by atoms with van der Waals surface area (Å²) in [6.07, 6.45) is 0.941. The molecule has 0 saturated carbocycles. The molecule has 4 unspecified atom stereocenters. The fraction of sp³-hybridized carbons (Fsp3) is 0.316. The Morgan fingerprint density at radius 1 is 0.731 bits per heavy atom. The van der Waals surface area contributed by atoms with E-state index in [1.807, 2.05) is 24.3 Å². The van der Waals surface area contributed by atoms with Gasteiger partial charge in [-0.05, 0) is 48.2 Å². The summed E-state index contributed by atoms with van der Waals surface area (Å²) in [6.45, 7) is 0. The van der Waals surface area contributed by atoms with Gasteiger partial charge in [-0.1, -0.05) is 79.3 Å². The van der Waals surface area contributed by atoms with Gasteiger partial charge in [0.15, 0.2) is 5.78 Å². The van der Waals surface area contributed by atoms with E-state index in [0.717, 1.165) is 11.1 Å². The van der Waals surface area contributed by atoms with Gasteiger partial charge in [0.1, 0.15) is 0 Å². The summed E-state index contributed by atoms with van der Waals surface area (Å²) >= 11 is 31.6. The third-order valence-electron chi connectivity index (χ3n) is 3.91. The van der Waals surface area contributed by atoms with Crippen LogP contribution < -0.4 is 0 Å². The molecule has 0 aliphatic carbocycles. The zero-order valence-electron chi connectivity index (χ0n) is 13.5. The number of hydrogen-bond acceptors (Lipinski definition) is 1. The van der Waals surface area contributed by atoms with Crippen LogP contribution in [-0.2, 0) is 4.79 Å². The SMILES string of the molecule is O=C(C(Br)CC(Cl)c1ccc(Cl)cc1)C(Br)CC(Cl)c1ccc(Cl)cc1. The molecule has 4 atom stereocenters. The van der Waals surface area contributed by atoms with E-state index >= 15 is 0 Å². The van der Waals surface area contributed by atoms with Gasteiger partial charge in [0.2, 0.25) is 0 Å². The highest BCUT2D eigenvalue weighted by Crippen LogP contribution is 2.33. The minimum Gasteiger partial charge on any atom is -0.297 e. The molecular weight excluding hydrogens is 546 g/mol. The third-order valence-corrected chi connectivity index (χ3v) is 6.92. The van der Waals surface area contributed by atoms with Gasteiger partial charge in [0, 0.05) is 10.0 Å². The van der Waals surface area contributed by atoms with Crippen LogP contribution in [0.4, 0.5) is 0 Å². The van der Waals surface area contributed by atoms with Gasteiger partial charge in [-0.25, -0.2) is 0 Å². The molecule has 0 saturated heterocycles. The smallest absolute Gasteiger partial charge is 0.160 e. The Bertz CT molecular complexity index is 660. The van der Waals surface area contributed by atoms with E-state index in [2.05, 4.69) is 31.9 Å². The van der Waals surface area contributed by atoms with Gasteiger partial charge in [0.05, 0.1) is 20.4 Å². The fourth-order valence-corrected chi connectivity index (χ4v) is 5.48. The molecule has 0 bridgehead atoms. The van der Waals surface area contributed by atoms with Crippen molar-refractivity contribution in [1.82, 2.24) is 0 Å². The van der Waals surface area contributed by atoms with Crippen LogP contribution in [0.2, 0.25) is 10.0 Å². The maximum Gasteiger partial charge on any atom is 0.160 e. The molecule has 7 heteroatoms. The second-order valence-electron chi connectivity index (χ2n) is 5.85. The normalized spacial score (nSPS) is 15.9. The number of benzene rings is 2. The Morgan fingerprint density at radius 2 is 1.04 bits per heavy atom. The van der Waals surface area contributed by atoms with Gasteiger partial charge in [-0.15, -0.1) is 23.2 Å². The standard InChI is InChI=1S/C19H16Br2Cl4O/c20-15(9-17(24)11-1-5-13(22)6-2-11)19(26)16(21)10-18(25)12-3-7-14(23)8-4-12/h1-8,15-18H,9-10H2. The summed E-state index contributed by atoms with van der Waals surface area (Å²) < 4.78 is 0. The van der Waals surface area contributed by atoms with Crippen LogP contribution in [-0.4, -0.2) is 15.4 Å². The Kier molecular flexibility index (Phi) is 9.26. The average Bonchev–Trinajstić information content (AvgIpc) is 2.61. The van der Waals surface area contributed by atoms with Crippen molar-refractivity contribution in [2.24, 2.45) is 0 Å². The van der Waals surface area contributed by atoms with Crippen molar-refractivity contribution < 1.29 is 4.79 Å². The molecule has 140 valence electrons. The van der Waals surface area contributed by atoms with Gasteiger partial charge >= 0.3 is 0 Å². The van der Waals surface area contributed by atoms with E-state index in [1.54, 1.807) is 24.3 Å². The van der Waals surface area contributed by atoms with Crippen LogP contribution >= 0.6 is 78.3 Å². The molecular formula is C19H16Br2Cl4O. The molecule has 0 aromatic heterocycles. The lowest BCUT2D eigenvalue weighted by molar-refractivity contribution is -0.118. The average molecular weight is 562 g/mol. The molecule has 2 aromatic carbocycles. The van der Waals surface area contributed by atoms with Crippen LogP contribution in [0.25, 0.3) is 0 Å². The predicted octanol–water partition coefficient (Wildman–Crippen LogP) is 8.13. The third kappa shape index (κ3) is 6.68. The monoisotopic (exact) mass is 558 g/mol. The highest BCUT2D eigenvalue weighted by atomic mass is 79.9. The topological polar surface area (TPSA) is 17.1 Å². The number of carbonyl (C=O) groups excluding carboxylic acids is 1. The predicted molar refractivity (Wildman–Crippen MR) is 120 cm³/mol. The number of ketones is 1. The first-order valence-electron chi connectivity index (χ1n) is 7.89. The number of hydrogen-bond donors (Lipinski definition) is 0. The summed E-state index contributed by atoms with van der Waals surface area (Å²) in [5, 5.41) is 0.728. The summed E-state index contributed by atoms with van der Waals surface area (Å²) in [5.41, 5.74) is 1.85. The Morgan fingerprint density at radius 3 is 1.35 bits per heavy atom. The van der Waals surface area contributed by atoms with Gasteiger partial charge in [-0.3, -0.25) is 4.79 Å². The van der Waals surface area contributed by atoms with Crippen molar-refractivity contribution >= 4 is 84.0 Å². The summed E-state index contributed by atoms with van der Waals surface area (Å²) in [6, 6.07) is 14.6. The molecule has 2 aromatic rings. The summed E-state index contributed by atoms with van der Waals surface area (Å²) in [4.78, 5) is 11.9. The van der Waals surface area contributed by atoms with Crippen LogP contribution in [0.3, 0.4) is 0 Å². The minimum atomic E-state index is -0.376. The molecule has 0 N–H and O–H groups in total. The van der Waals surface area contributed by atoms with Crippen LogP contribution in [0.5, 0.6) is 0 Å². The molecule has 2 rings (SSSR count). The first-order chi connectivity index (χ1) is 12.3. The van der Waals surface area contributed by atoms with Crippen molar-refractivity contribution in [3.63, 3.8) is 0 Å². The molecule has 0 spiro atoms.